The van der Waals surface area contributed by atoms with Gasteiger partial charge in [-0.1, -0.05) is 42.5 Å². The Bertz CT molecular complexity index is 595. The third kappa shape index (κ3) is 2.73. The highest BCUT2D eigenvalue weighted by Gasteiger charge is 2.27. The van der Waals surface area contributed by atoms with Crippen LogP contribution in [0.4, 0.5) is 0 Å². The molecule has 0 bridgehead atoms. The molecule has 0 spiro atoms. The molecule has 0 saturated carbocycles. The summed E-state index contributed by atoms with van der Waals surface area (Å²) in [4.78, 5) is 12.3. The smallest absolute Gasteiger partial charge is 0.174 e. The van der Waals surface area contributed by atoms with Crippen molar-refractivity contribution in [3.05, 3.63) is 65.7 Å². The number of Topliss-reactive ketones (excluding diaryl/α,β-unsaturated/α-hetero) is 1. The Morgan fingerprint density at radius 1 is 1.05 bits per heavy atom. The van der Waals surface area contributed by atoms with Crippen LogP contribution in [0, 0.1) is 5.92 Å². The predicted molar refractivity (Wildman–Crippen MR) is 77.9 cm³/mol. The number of benzene rings is 2. The molecule has 1 heterocycles. The van der Waals surface area contributed by atoms with Gasteiger partial charge in [0.1, 0.15) is 5.75 Å². The van der Waals surface area contributed by atoms with Gasteiger partial charge in [0.25, 0.3) is 0 Å². The van der Waals surface area contributed by atoms with E-state index in [9.17, 15) is 4.79 Å². The van der Waals surface area contributed by atoms with Crippen LogP contribution in [0.15, 0.2) is 54.6 Å². The normalized spacial score (nSPS) is 17.4. The van der Waals surface area contributed by atoms with Crippen molar-refractivity contribution < 1.29 is 9.53 Å². The van der Waals surface area contributed by atoms with Crippen LogP contribution < -0.4 is 10.1 Å². The molecule has 102 valence electrons. The molecule has 20 heavy (non-hydrogen) atoms. The fourth-order valence-corrected chi connectivity index (χ4v) is 2.42. The van der Waals surface area contributed by atoms with Crippen molar-refractivity contribution in [2.45, 2.75) is 6.54 Å². The minimum Gasteiger partial charge on any atom is -0.492 e. The van der Waals surface area contributed by atoms with Gasteiger partial charge in [-0.15, -0.1) is 0 Å². The molecule has 0 aliphatic carbocycles. The van der Waals surface area contributed by atoms with Crippen LogP contribution in [-0.4, -0.2) is 18.9 Å². The second-order valence-corrected chi connectivity index (χ2v) is 4.98. The van der Waals surface area contributed by atoms with E-state index in [-0.39, 0.29) is 11.7 Å². The van der Waals surface area contributed by atoms with E-state index in [1.165, 1.54) is 5.56 Å². The van der Waals surface area contributed by atoms with E-state index in [1.807, 2.05) is 42.5 Å². The number of fused-ring (bicyclic) bond motifs is 1. The molecule has 2 aromatic rings. The Kier molecular flexibility index (Phi) is 3.79. The van der Waals surface area contributed by atoms with Crippen LogP contribution in [0.1, 0.15) is 15.9 Å². The summed E-state index contributed by atoms with van der Waals surface area (Å²) in [5.74, 6) is 0.776. The molecule has 1 aliphatic heterocycles. The lowest BCUT2D eigenvalue weighted by molar-refractivity contribution is 0.0829. The summed E-state index contributed by atoms with van der Waals surface area (Å²) in [6.07, 6.45) is 0. The van der Waals surface area contributed by atoms with Gasteiger partial charge in [0.15, 0.2) is 5.78 Å². The predicted octanol–water partition coefficient (Wildman–Crippen LogP) is 2.67. The van der Waals surface area contributed by atoms with Crippen LogP contribution in [0.3, 0.4) is 0 Å². The quantitative estimate of drug-likeness (QED) is 0.925. The highest BCUT2D eigenvalue weighted by molar-refractivity contribution is 6.01. The molecule has 1 atom stereocenters. The van der Waals surface area contributed by atoms with E-state index in [2.05, 4.69) is 17.4 Å². The number of rotatable bonds is 4. The summed E-state index contributed by atoms with van der Waals surface area (Å²) >= 11 is 0. The van der Waals surface area contributed by atoms with Crippen molar-refractivity contribution >= 4 is 5.78 Å². The van der Waals surface area contributed by atoms with Crippen molar-refractivity contribution in [1.29, 1.82) is 0 Å². The molecule has 3 rings (SSSR count). The van der Waals surface area contributed by atoms with E-state index >= 15 is 0 Å². The minimum atomic E-state index is -0.103. The number of ether oxygens (including phenoxy) is 1. The molecule has 1 aliphatic rings. The standard InChI is InChI=1S/C17H17NO2/c19-17-14(11-18-10-13-6-2-1-3-7-13)12-20-16-9-5-4-8-15(16)17/h1-9,14,18H,10-12H2. The topological polar surface area (TPSA) is 38.3 Å². The van der Waals surface area contributed by atoms with Crippen LogP contribution in [0.2, 0.25) is 0 Å². The number of para-hydroxylation sites is 1. The zero-order chi connectivity index (χ0) is 13.8. The first-order chi connectivity index (χ1) is 9.84. The summed E-state index contributed by atoms with van der Waals surface area (Å²) < 4.78 is 5.65. The van der Waals surface area contributed by atoms with Gasteiger partial charge in [0, 0.05) is 13.1 Å². The summed E-state index contributed by atoms with van der Waals surface area (Å²) in [6, 6.07) is 17.6. The Hall–Kier alpha value is -2.13. The average molecular weight is 267 g/mol. The minimum absolute atomic E-state index is 0.103. The van der Waals surface area contributed by atoms with Gasteiger partial charge in [0.05, 0.1) is 18.1 Å². The molecule has 3 nitrogen and oxygen atoms in total. The van der Waals surface area contributed by atoms with Gasteiger partial charge in [-0.25, -0.2) is 0 Å². The number of carbonyl (C=O) groups excluding carboxylic acids is 1. The highest BCUT2D eigenvalue weighted by atomic mass is 16.5. The maximum Gasteiger partial charge on any atom is 0.174 e. The van der Waals surface area contributed by atoms with Crippen molar-refractivity contribution in [1.82, 2.24) is 5.32 Å². The number of ketones is 1. The van der Waals surface area contributed by atoms with E-state index in [1.54, 1.807) is 0 Å². The van der Waals surface area contributed by atoms with Gasteiger partial charge in [-0.05, 0) is 17.7 Å². The zero-order valence-electron chi connectivity index (χ0n) is 11.2. The number of carbonyl (C=O) groups is 1. The first-order valence-electron chi connectivity index (χ1n) is 6.85. The molecular formula is C17H17NO2. The summed E-state index contributed by atoms with van der Waals surface area (Å²) in [5, 5.41) is 3.33. The van der Waals surface area contributed by atoms with Gasteiger partial charge >= 0.3 is 0 Å². The SMILES string of the molecule is O=C1c2ccccc2OCC1CNCc1ccccc1. The zero-order valence-corrected chi connectivity index (χ0v) is 11.2. The second-order valence-electron chi connectivity index (χ2n) is 4.98. The van der Waals surface area contributed by atoms with Crippen LogP contribution >= 0.6 is 0 Å². The van der Waals surface area contributed by atoms with E-state index in [0.717, 1.165) is 6.54 Å². The van der Waals surface area contributed by atoms with Gasteiger partial charge in [-0.3, -0.25) is 4.79 Å². The molecule has 1 N–H and O–H groups in total. The fourth-order valence-electron chi connectivity index (χ4n) is 2.42. The first-order valence-corrected chi connectivity index (χ1v) is 6.85. The molecule has 1 unspecified atom stereocenters. The van der Waals surface area contributed by atoms with E-state index in [0.29, 0.717) is 24.5 Å². The van der Waals surface area contributed by atoms with Crippen LogP contribution in [0.25, 0.3) is 0 Å². The molecule has 0 amide bonds. The molecule has 0 fully saturated rings. The van der Waals surface area contributed by atoms with Crippen molar-refractivity contribution in [3.8, 4) is 5.75 Å². The molecule has 0 saturated heterocycles. The van der Waals surface area contributed by atoms with E-state index in [4.69, 9.17) is 4.74 Å². The summed E-state index contributed by atoms with van der Waals surface area (Å²) in [7, 11) is 0. The Morgan fingerprint density at radius 3 is 2.65 bits per heavy atom. The molecule has 2 aromatic carbocycles. The van der Waals surface area contributed by atoms with E-state index < -0.39 is 0 Å². The number of nitrogens with one attached hydrogen (secondary N) is 1. The molecular weight excluding hydrogens is 250 g/mol. The van der Waals surface area contributed by atoms with Crippen molar-refractivity contribution in [2.24, 2.45) is 5.92 Å². The highest BCUT2D eigenvalue weighted by Crippen LogP contribution is 2.26. The maximum atomic E-state index is 12.3. The summed E-state index contributed by atoms with van der Waals surface area (Å²) in [5.41, 5.74) is 1.92. The van der Waals surface area contributed by atoms with Gasteiger partial charge < -0.3 is 10.1 Å². The van der Waals surface area contributed by atoms with Gasteiger partial charge in [-0.2, -0.15) is 0 Å². The molecule has 0 aromatic heterocycles. The lowest BCUT2D eigenvalue weighted by Crippen LogP contribution is -2.35. The monoisotopic (exact) mass is 267 g/mol. The Labute approximate surface area is 118 Å². The lowest BCUT2D eigenvalue weighted by Gasteiger charge is -2.24. The Morgan fingerprint density at radius 2 is 1.80 bits per heavy atom. The molecule has 3 heteroatoms. The van der Waals surface area contributed by atoms with Crippen molar-refractivity contribution in [2.75, 3.05) is 13.2 Å². The molecule has 0 radical (unpaired) electrons. The maximum absolute atomic E-state index is 12.3. The first kappa shape index (κ1) is 12.9. The lowest BCUT2D eigenvalue weighted by atomic mass is 9.95. The number of hydrogen-bond donors (Lipinski definition) is 1. The number of hydrogen-bond acceptors (Lipinski definition) is 3. The van der Waals surface area contributed by atoms with Crippen molar-refractivity contribution in [3.63, 3.8) is 0 Å². The summed E-state index contributed by atoms with van der Waals surface area (Å²) in [6.45, 7) is 1.87. The van der Waals surface area contributed by atoms with Crippen LogP contribution in [0.5, 0.6) is 5.75 Å². The van der Waals surface area contributed by atoms with Crippen LogP contribution in [-0.2, 0) is 6.54 Å². The third-order valence-corrected chi connectivity index (χ3v) is 3.53. The fraction of sp³-hybridized carbons (Fsp3) is 0.235. The Balaban J connectivity index is 1.58. The van der Waals surface area contributed by atoms with Gasteiger partial charge in [0.2, 0.25) is 0 Å². The average Bonchev–Trinajstić information content (AvgIpc) is 2.51. The second kappa shape index (κ2) is 5.88. The largest absolute Gasteiger partial charge is 0.492 e. The third-order valence-electron chi connectivity index (χ3n) is 3.53.